The summed E-state index contributed by atoms with van der Waals surface area (Å²) in [6, 6.07) is 0.661. The van der Waals surface area contributed by atoms with Crippen molar-refractivity contribution in [3.8, 4) is 0 Å². The molecule has 0 aliphatic rings. The normalized spacial score (nSPS) is 11.1. The quantitative estimate of drug-likeness (QED) is 0.432. The maximum absolute atomic E-state index is 12.0. The van der Waals surface area contributed by atoms with Crippen LogP contribution in [0.1, 0.15) is 10.4 Å². The monoisotopic (exact) mass is 220 g/mol. The number of rotatable bonds is 2. The highest BCUT2D eigenvalue weighted by Crippen LogP contribution is 2.26. The van der Waals surface area contributed by atoms with E-state index in [0.717, 1.165) is 6.20 Å². The molecular formula is C7H3F3N2O3. The van der Waals surface area contributed by atoms with E-state index in [1.807, 2.05) is 0 Å². The number of ketones is 1. The van der Waals surface area contributed by atoms with E-state index in [4.69, 9.17) is 0 Å². The average Bonchev–Trinajstić information content (AvgIpc) is 2.15. The van der Waals surface area contributed by atoms with Crippen LogP contribution in [-0.2, 0) is 0 Å². The van der Waals surface area contributed by atoms with Crippen molar-refractivity contribution in [1.29, 1.82) is 0 Å². The lowest BCUT2D eigenvalue weighted by Crippen LogP contribution is -2.23. The van der Waals surface area contributed by atoms with Crippen molar-refractivity contribution < 1.29 is 22.9 Å². The Bertz CT molecular complexity index is 416. The van der Waals surface area contributed by atoms with Crippen LogP contribution in [0.4, 0.5) is 18.9 Å². The molecule has 0 fully saturated rings. The van der Waals surface area contributed by atoms with Gasteiger partial charge in [0, 0.05) is 6.20 Å². The summed E-state index contributed by atoms with van der Waals surface area (Å²) >= 11 is 0. The molecule has 0 spiro atoms. The van der Waals surface area contributed by atoms with Crippen LogP contribution in [0.2, 0.25) is 0 Å². The SMILES string of the molecule is O=C(c1ccncc1[N+](=O)[O-])C(F)(F)F. The van der Waals surface area contributed by atoms with Gasteiger partial charge in [-0.1, -0.05) is 0 Å². The summed E-state index contributed by atoms with van der Waals surface area (Å²) < 4.78 is 36.0. The minimum atomic E-state index is -5.13. The maximum Gasteiger partial charge on any atom is 0.455 e. The third kappa shape index (κ3) is 2.27. The molecule has 5 nitrogen and oxygen atoms in total. The minimum absolute atomic E-state index is 0.596. The first kappa shape index (κ1) is 11.1. The summed E-state index contributed by atoms with van der Waals surface area (Å²) in [5, 5.41) is 10.3. The first-order chi connectivity index (χ1) is 6.84. The second-order valence-corrected chi connectivity index (χ2v) is 2.48. The molecule has 1 heterocycles. The number of halogens is 3. The number of hydrogen-bond acceptors (Lipinski definition) is 4. The topological polar surface area (TPSA) is 73.1 Å². The standard InChI is InChI=1S/C7H3F3N2O3/c8-7(9,10)6(13)4-1-2-11-3-5(4)12(14)15/h1-3H. The fourth-order valence-corrected chi connectivity index (χ4v) is 0.876. The van der Waals surface area contributed by atoms with Gasteiger partial charge in [-0.05, 0) is 6.07 Å². The van der Waals surface area contributed by atoms with Crippen LogP contribution in [0.15, 0.2) is 18.5 Å². The molecule has 80 valence electrons. The summed E-state index contributed by atoms with van der Waals surface area (Å²) in [7, 11) is 0. The molecule has 1 rings (SSSR count). The van der Waals surface area contributed by atoms with E-state index in [2.05, 4.69) is 4.98 Å². The Kier molecular flexibility index (Phi) is 2.69. The van der Waals surface area contributed by atoms with E-state index in [-0.39, 0.29) is 0 Å². The zero-order chi connectivity index (χ0) is 11.6. The van der Waals surface area contributed by atoms with Gasteiger partial charge >= 0.3 is 6.18 Å². The van der Waals surface area contributed by atoms with Crippen LogP contribution >= 0.6 is 0 Å². The molecule has 1 aromatic heterocycles. The van der Waals surface area contributed by atoms with Gasteiger partial charge in [0.25, 0.3) is 11.5 Å². The van der Waals surface area contributed by atoms with Gasteiger partial charge in [0.1, 0.15) is 11.8 Å². The molecule has 0 saturated carbocycles. The zero-order valence-corrected chi connectivity index (χ0v) is 6.99. The van der Waals surface area contributed by atoms with E-state index >= 15 is 0 Å². The number of alkyl halides is 3. The number of nitro groups is 1. The van der Waals surface area contributed by atoms with Gasteiger partial charge in [-0.25, -0.2) is 0 Å². The minimum Gasteiger partial charge on any atom is -0.284 e. The number of nitrogens with zero attached hydrogens (tertiary/aromatic N) is 2. The van der Waals surface area contributed by atoms with Crippen LogP contribution in [0, 0.1) is 10.1 Å². The number of pyridine rings is 1. The number of Topliss-reactive ketones (excluding diaryl/α,β-unsaturated/α-hetero) is 1. The summed E-state index contributed by atoms with van der Waals surface area (Å²) in [6.07, 6.45) is -3.66. The van der Waals surface area contributed by atoms with E-state index < -0.39 is 28.1 Å². The van der Waals surface area contributed by atoms with Crippen molar-refractivity contribution in [1.82, 2.24) is 4.98 Å². The van der Waals surface area contributed by atoms with Crippen LogP contribution in [0.3, 0.4) is 0 Å². The molecule has 15 heavy (non-hydrogen) atoms. The van der Waals surface area contributed by atoms with Crippen LogP contribution in [0.25, 0.3) is 0 Å². The second kappa shape index (κ2) is 3.64. The molecule has 0 aliphatic carbocycles. The highest BCUT2D eigenvalue weighted by Gasteiger charge is 2.42. The molecule has 0 unspecified atom stereocenters. The number of hydrogen-bond donors (Lipinski definition) is 0. The first-order valence-electron chi connectivity index (χ1n) is 3.54. The Morgan fingerprint density at radius 2 is 2.07 bits per heavy atom. The number of aromatic nitrogens is 1. The average molecular weight is 220 g/mol. The van der Waals surface area contributed by atoms with Gasteiger partial charge in [0.2, 0.25) is 0 Å². The highest BCUT2D eigenvalue weighted by molar-refractivity contribution is 6.03. The van der Waals surface area contributed by atoms with Gasteiger partial charge in [-0.15, -0.1) is 0 Å². The van der Waals surface area contributed by atoms with Crippen LogP contribution in [0.5, 0.6) is 0 Å². The Labute approximate surface area is 80.7 Å². The lowest BCUT2D eigenvalue weighted by Gasteiger charge is -2.04. The van der Waals surface area contributed by atoms with Gasteiger partial charge in [-0.2, -0.15) is 13.2 Å². The van der Waals surface area contributed by atoms with E-state index in [1.54, 1.807) is 0 Å². The van der Waals surface area contributed by atoms with Gasteiger partial charge in [-0.3, -0.25) is 19.9 Å². The zero-order valence-electron chi connectivity index (χ0n) is 6.99. The van der Waals surface area contributed by atoms with E-state index in [0.29, 0.717) is 12.3 Å². The maximum atomic E-state index is 12.0. The lowest BCUT2D eigenvalue weighted by atomic mass is 10.1. The van der Waals surface area contributed by atoms with Crippen molar-refractivity contribution in [2.45, 2.75) is 6.18 Å². The molecule has 8 heteroatoms. The second-order valence-electron chi connectivity index (χ2n) is 2.48. The lowest BCUT2D eigenvalue weighted by molar-refractivity contribution is -0.385. The Balaban J connectivity index is 3.26. The smallest absolute Gasteiger partial charge is 0.284 e. The van der Waals surface area contributed by atoms with Crippen molar-refractivity contribution in [2.75, 3.05) is 0 Å². The molecule has 0 saturated heterocycles. The molecule has 1 aromatic rings. The molecule has 0 N–H and O–H groups in total. The van der Waals surface area contributed by atoms with Gasteiger partial charge in [0.15, 0.2) is 0 Å². The highest BCUT2D eigenvalue weighted by atomic mass is 19.4. The van der Waals surface area contributed by atoms with E-state index in [9.17, 15) is 28.1 Å². The largest absolute Gasteiger partial charge is 0.455 e. The van der Waals surface area contributed by atoms with Crippen molar-refractivity contribution in [3.63, 3.8) is 0 Å². The Morgan fingerprint density at radius 1 is 1.47 bits per heavy atom. The van der Waals surface area contributed by atoms with Gasteiger partial charge in [0.05, 0.1) is 4.92 Å². The predicted molar refractivity (Wildman–Crippen MR) is 41.3 cm³/mol. The molecular weight excluding hydrogens is 217 g/mol. The van der Waals surface area contributed by atoms with Gasteiger partial charge < -0.3 is 0 Å². The number of carbonyl (C=O) groups is 1. The first-order valence-corrected chi connectivity index (χ1v) is 3.54. The summed E-state index contributed by atoms with van der Waals surface area (Å²) in [5.74, 6) is -2.25. The molecule has 0 amide bonds. The predicted octanol–water partition coefficient (Wildman–Crippen LogP) is 1.73. The van der Waals surface area contributed by atoms with Crippen LogP contribution in [-0.4, -0.2) is 21.9 Å². The van der Waals surface area contributed by atoms with Crippen LogP contribution < -0.4 is 0 Å². The third-order valence-electron chi connectivity index (χ3n) is 1.50. The van der Waals surface area contributed by atoms with E-state index in [1.165, 1.54) is 0 Å². The van der Waals surface area contributed by atoms with Crippen molar-refractivity contribution >= 4 is 11.5 Å². The molecule has 0 atom stereocenters. The van der Waals surface area contributed by atoms with Crippen molar-refractivity contribution in [2.24, 2.45) is 0 Å². The summed E-state index contributed by atoms with van der Waals surface area (Å²) in [6.45, 7) is 0. The fraction of sp³-hybridized carbons (Fsp3) is 0.143. The van der Waals surface area contributed by atoms with Crippen molar-refractivity contribution in [3.05, 3.63) is 34.1 Å². The molecule has 0 bridgehead atoms. The Morgan fingerprint density at radius 3 is 2.53 bits per heavy atom. The fourth-order valence-electron chi connectivity index (χ4n) is 0.876. The molecule has 0 aromatic carbocycles. The molecule has 0 radical (unpaired) electrons. The Hall–Kier alpha value is -1.99. The summed E-state index contributed by atoms with van der Waals surface area (Å²) in [5.41, 5.74) is -1.97. The summed E-state index contributed by atoms with van der Waals surface area (Å²) in [4.78, 5) is 23.2. The third-order valence-corrected chi connectivity index (χ3v) is 1.50. The molecule has 0 aliphatic heterocycles. The number of carbonyl (C=O) groups excluding carboxylic acids is 1.